The number of fused-ring (bicyclic) bond motifs is 4. The van der Waals surface area contributed by atoms with Crippen LogP contribution in [-0.4, -0.2) is 169 Å². The zero-order chi connectivity index (χ0) is 59.2. The van der Waals surface area contributed by atoms with Gasteiger partial charge in [-0.05, 0) is 116 Å². The Bertz CT molecular complexity index is 3290. The van der Waals surface area contributed by atoms with Gasteiger partial charge in [0, 0.05) is 129 Å². The Morgan fingerprint density at radius 3 is 2.05 bits per heavy atom. The van der Waals surface area contributed by atoms with E-state index in [0.717, 1.165) is 45.6 Å². The highest BCUT2D eigenvalue weighted by Gasteiger charge is 2.36. The van der Waals surface area contributed by atoms with Gasteiger partial charge in [0.05, 0.1) is 12.5 Å². The molecule has 3 aliphatic heterocycles. The lowest BCUT2D eigenvalue weighted by Gasteiger charge is -2.32. The summed E-state index contributed by atoms with van der Waals surface area (Å²) in [7, 11) is 2.04. The van der Waals surface area contributed by atoms with Crippen LogP contribution in [0.15, 0.2) is 91.0 Å². The van der Waals surface area contributed by atoms with Crippen molar-refractivity contribution in [2.24, 2.45) is 11.5 Å². The third-order valence-corrected chi connectivity index (χ3v) is 15.2. The van der Waals surface area contributed by atoms with Crippen LogP contribution >= 0.6 is 11.6 Å². The highest BCUT2D eigenvalue weighted by molar-refractivity contribution is 6.19. The SMILES string of the molecule is CN1CCN(C(=O)Cc2cc3c(c4ccccc24)[C@H](CCl)CN3C(=O)c2cc3cc(NC(=O)c4ccc(NC(=O)[C@H](CCCNC(N)=O)NC(=O)[C@H](CCCNC(N)=O)NCCNC(=O)CCCN5C(=O)C=CC5=O)cc4)ccc3[nH]2)CC1. The second-order valence-electron chi connectivity index (χ2n) is 20.7. The number of carbonyl (C=O) groups excluding carboxylic acids is 10. The summed E-state index contributed by atoms with van der Waals surface area (Å²) in [4.78, 5) is 138. The molecule has 83 heavy (non-hydrogen) atoms. The lowest BCUT2D eigenvalue weighted by atomic mass is 9.92. The van der Waals surface area contributed by atoms with E-state index in [0.29, 0.717) is 59.9 Å². The lowest BCUT2D eigenvalue weighted by molar-refractivity contribution is -0.137. The molecule has 438 valence electrons. The fourth-order valence-electron chi connectivity index (χ4n) is 10.4. The summed E-state index contributed by atoms with van der Waals surface area (Å²) in [5.74, 6) is -2.88. The third-order valence-electron chi connectivity index (χ3n) is 14.8. The van der Waals surface area contributed by atoms with Gasteiger partial charge in [0.25, 0.3) is 23.6 Å². The van der Waals surface area contributed by atoms with Gasteiger partial charge in [0.1, 0.15) is 11.7 Å². The van der Waals surface area contributed by atoms with E-state index in [-0.39, 0.29) is 100 Å². The minimum atomic E-state index is -1.12. The van der Waals surface area contributed by atoms with Crippen molar-refractivity contribution < 1.29 is 47.9 Å². The molecule has 0 saturated carbocycles. The number of nitrogens with one attached hydrogen (secondary N) is 8. The van der Waals surface area contributed by atoms with Crippen LogP contribution < -0.4 is 53.6 Å². The molecule has 1 fully saturated rings. The van der Waals surface area contributed by atoms with Crippen molar-refractivity contribution >= 4 is 110 Å². The molecular formula is C58H69ClN14O10. The summed E-state index contributed by atoms with van der Waals surface area (Å²) in [6, 6.07) is 19.5. The van der Waals surface area contributed by atoms with E-state index in [2.05, 4.69) is 47.1 Å². The Morgan fingerprint density at radius 1 is 0.711 bits per heavy atom. The average molecular weight is 1160 g/mol. The van der Waals surface area contributed by atoms with Crippen LogP contribution in [0.25, 0.3) is 21.7 Å². The number of anilines is 3. The predicted molar refractivity (Wildman–Crippen MR) is 314 cm³/mol. The fourth-order valence-corrected chi connectivity index (χ4v) is 10.7. The summed E-state index contributed by atoms with van der Waals surface area (Å²) in [6.07, 6.45) is 3.68. The van der Waals surface area contributed by atoms with E-state index in [9.17, 15) is 47.9 Å². The topological polar surface area (TPSA) is 336 Å². The van der Waals surface area contributed by atoms with E-state index in [1.54, 1.807) is 29.2 Å². The van der Waals surface area contributed by atoms with Crippen molar-refractivity contribution in [2.75, 3.05) is 93.9 Å². The molecule has 0 radical (unpaired) electrons. The van der Waals surface area contributed by atoms with E-state index < -0.39 is 53.7 Å². The number of alkyl halides is 1. The third kappa shape index (κ3) is 15.8. The predicted octanol–water partition coefficient (Wildman–Crippen LogP) is 2.97. The molecular weight excluding hydrogens is 1090 g/mol. The Kier molecular flexibility index (Phi) is 20.5. The number of aromatic nitrogens is 1. The van der Waals surface area contributed by atoms with Crippen molar-refractivity contribution in [1.82, 2.24) is 46.3 Å². The van der Waals surface area contributed by atoms with Crippen molar-refractivity contribution in [1.29, 1.82) is 0 Å². The maximum absolute atomic E-state index is 14.5. The largest absolute Gasteiger partial charge is 0.355 e. The van der Waals surface area contributed by atoms with Crippen LogP contribution in [0.1, 0.15) is 76.4 Å². The number of rotatable bonds is 26. The van der Waals surface area contributed by atoms with Gasteiger partial charge < -0.3 is 68.4 Å². The number of likely N-dealkylation sites (N-methyl/N-ethyl adjacent to an activating group) is 1. The zero-order valence-electron chi connectivity index (χ0n) is 46.0. The highest BCUT2D eigenvalue weighted by Crippen LogP contribution is 2.44. The second-order valence-corrected chi connectivity index (χ2v) is 21.0. The number of nitrogens with zero attached hydrogens (tertiary/aromatic N) is 4. The summed E-state index contributed by atoms with van der Waals surface area (Å²) in [5, 5.41) is 21.8. The second kappa shape index (κ2) is 28.2. The number of primary amides is 2. The zero-order valence-corrected chi connectivity index (χ0v) is 46.8. The summed E-state index contributed by atoms with van der Waals surface area (Å²) < 4.78 is 0. The molecule has 0 bridgehead atoms. The number of H-pyrrole nitrogens is 1. The average Bonchev–Trinajstić information content (AvgIpc) is 3.12. The molecule has 1 aromatic heterocycles. The molecule has 1 saturated heterocycles. The normalized spacial score (nSPS) is 15.7. The monoisotopic (exact) mass is 1160 g/mol. The number of aromatic amines is 1. The van der Waals surface area contributed by atoms with Gasteiger partial charge >= 0.3 is 12.1 Å². The van der Waals surface area contributed by atoms with Crippen LogP contribution in [-0.2, 0) is 35.2 Å². The molecule has 0 unspecified atom stereocenters. The Morgan fingerprint density at radius 2 is 1.37 bits per heavy atom. The van der Waals surface area contributed by atoms with Gasteiger partial charge in [-0.3, -0.25) is 43.3 Å². The molecule has 0 spiro atoms. The fraction of sp³-hybridized carbons (Fsp3) is 0.379. The number of urea groups is 2. The number of piperazine rings is 1. The van der Waals surface area contributed by atoms with Crippen molar-refractivity contribution in [3.63, 3.8) is 0 Å². The van der Waals surface area contributed by atoms with Crippen molar-refractivity contribution in [3.8, 4) is 0 Å². The van der Waals surface area contributed by atoms with Gasteiger partial charge in [-0.1, -0.05) is 24.3 Å². The van der Waals surface area contributed by atoms with Crippen LogP contribution in [0, 0.1) is 0 Å². The first-order chi connectivity index (χ1) is 40.0. The molecule has 0 aliphatic carbocycles. The standard InChI is InChI=1S/C58H69ClN14O10/c1-70-25-27-71(28-26-70)51(77)32-36-31-47-52(42-8-3-2-7-41(36)42)38(33-59)34-73(47)56(81)46-30-37-29-40(16-17-43(37)68-46)67-53(78)35-12-14-39(15-13-35)66-55(80)45(10-5-21-65-58(61)83)69-54(79)44(9-4-20-64-57(60)82)62-22-23-63-48(74)11-6-24-72-49(75)18-19-50(72)76/h2-3,7-8,12-19,29-31,38,44-45,62,68H,4-6,9-11,20-28,32-34H2,1H3,(H,63,74)(H,66,80)(H,67,78)(H,69,79)(H3,60,64,82)(H3,61,65,83)/t38-,44+,45+/m1/s1. The van der Waals surface area contributed by atoms with E-state index >= 15 is 0 Å². The van der Waals surface area contributed by atoms with Crippen LogP contribution in [0.4, 0.5) is 26.7 Å². The number of amides is 12. The first-order valence-electron chi connectivity index (χ1n) is 27.6. The maximum Gasteiger partial charge on any atom is 0.312 e. The number of benzene rings is 4. The Balaban J connectivity index is 0.883. The van der Waals surface area contributed by atoms with E-state index in [1.165, 1.54) is 36.4 Å². The number of imide groups is 1. The van der Waals surface area contributed by atoms with Crippen LogP contribution in [0.5, 0.6) is 0 Å². The Hall–Kier alpha value is -8.87. The minimum Gasteiger partial charge on any atom is -0.355 e. The van der Waals surface area contributed by atoms with E-state index in [4.69, 9.17) is 23.1 Å². The quantitative estimate of drug-likeness (QED) is 0.0217. The number of nitrogens with two attached hydrogens (primary N) is 2. The molecule has 25 heteroatoms. The summed E-state index contributed by atoms with van der Waals surface area (Å²) in [6.45, 7) is 3.90. The summed E-state index contributed by atoms with van der Waals surface area (Å²) in [5.41, 5.74) is 15.0. The smallest absolute Gasteiger partial charge is 0.312 e. The summed E-state index contributed by atoms with van der Waals surface area (Å²) >= 11 is 6.59. The van der Waals surface area contributed by atoms with Crippen molar-refractivity contribution in [2.45, 2.75) is 62.9 Å². The molecule has 4 aromatic carbocycles. The molecule has 3 atom stereocenters. The highest BCUT2D eigenvalue weighted by atomic mass is 35.5. The molecule has 12 N–H and O–H groups in total. The molecule has 5 aromatic rings. The number of hydrogen-bond donors (Lipinski definition) is 10. The first-order valence-corrected chi connectivity index (χ1v) is 28.1. The van der Waals surface area contributed by atoms with Crippen LogP contribution in [0.2, 0.25) is 0 Å². The molecule has 24 nitrogen and oxygen atoms in total. The van der Waals surface area contributed by atoms with Crippen molar-refractivity contribution in [3.05, 3.63) is 113 Å². The molecule has 8 rings (SSSR count). The maximum atomic E-state index is 14.5. The minimum absolute atomic E-state index is 0.0410. The van der Waals surface area contributed by atoms with Gasteiger partial charge in [-0.2, -0.15) is 0 Å². The van der Waals surface area contributed by atoms with Gasteiger partial charge in [0.15, 0.2) is 0 Å². The number of carbonyl (C=O) groups is 10. The lowest BCUT2D eigenvalue weighted by Crippen LogP contribution is -2.52. The van der Waals surface area contributed by atoms with E-state index in [1.807, 2.05) is 42.3 Å². The first kappa shape index (κ1) is 60.2. The number of hydrogen-bond acceptors (Lipinski definition) is 12. The van der Waals surface area contributed by atoms with Crippen LogP contribution in [0.3, 0.4) is 0 Å². The molecule has 4 heterocycles. The van der Waals surface area contributed by atoms with Gasteiger partial charge in [0.2, 0.25) is 23.6 Å². The Labute approximate surface area is 483 Å². The molecule has 3 aliphatic rings. The molecule has 12 amide bonds. The number of halogens is 1. The van der Waals surface area contributed by atoms with Gasteiger partial charge in [-0.15, -0.1) is 11.6 Å². The van der Waals surface area contributed by atoms with Gasteiger partial charge in [-0.25, -0.2) is 9.59 Å².